The van der Waals surface area contributed by atoms with E-state index < -0.39 is 0 Å². The van der Waals surface area contributed by atoms with Crippen molar-refractivity contribution < 1.29 is 4.79 Å². The number of hydrogen-bond donors (Lipinski definition) is 0. The molecule has 168 valence electrons. The molecule has 0 radical (unpaired) electrons. The van der Waals surface area contributed by atoms with Crippen molar-refractivity contribution in [3.05, 3.63) is 11.6 Å². The number of carbonyl (C=O) groups excluding carboxylic acids is 1. The predicted octanol–water partition coefficient (Wildman–Crippen LogP) is 7.73. The first-order valence-electron chi connectivity index (χ1n) is 13.1. The van der Waals surface area contributed by atoms with Gasteiger partial charge in [-0.15, -0.1) is 0 Å². The molecule has 0 spiro atoms. The molecule has 2 nitrogen and oxygen atoms in total. The summed E-state index contributed by atoms with van der Waals surface area (Å²) in [5.74, 6) is 5.33. The average molecular weight is 412 g/mol. The molecule has 3 saturated carbocycles. The monoisotopic (exact) mass is 411 g/mol. The minimum atomic E-state index is 0.190. The number of isocyanates is 1. The van der Waals surface area contributed by atoms with Gasteiger partial charge in [0.25, 0.3) is 0 Å². The SMILES string of the molecule is CC(C)CCC[C@@H](C)[C@H]1CC[C@H]2[C@@H]3CC=C4CC(N=C=O)CC[C@]4(C)[C@H]3CC[C@]12C. The van der Waals surface area contributed by atoms with Crippen molar-refractivity contribution >= 4 is 6.08 Å². The van der Waals surface area contributed by atoms with Gasteiger partial charge < -0.3 is 0 Å². The number of nitrogens with zero attached hydrogens (tertiary/aromatic N) is 1. The van der Waals surface area contributed by atoms with Gasteiger partial charge in [-0.25, -0.2) is 9.79 Å². The largest absolute Gasteiger partial charge is 0.235 e. The van der Waals surface area contributed by atoms with Crippen molar-refractivity contribution in [2.45, 2.75) is 111 Å². The molecule has 0 N–H and O–H groups in total. The molecular formula is C28H45NO. The second-order valence-corrected chi connectivity index (χ2v) is 12.4. The number of rotatable bonds is 6. The lowest BCUT2D eigenvalue weighted by Gasteiger charge is -2.58. The van der Waals surface area contributed by atoms with Gasteiger partial charge in [0.2, 0.25) is 6.08 Å². The Morgan fingerprint density at radius 3 is 2.60 bits per heavy atom. The normalized spacial score (nSPS) is 43.8. The molecule has 0 bridgehead atoms. The molecule has 4 rings (SSSR count). The first kappa shape index (κ1) is 22.3. The highest BCUT2D eigenvalue weighted by Gasteiger charge is 2.59. The van der Waals surface area contributed by atoms with Gasteiger partial charge in [0.05, 0.1) is 6.04 Å². The van der Waals surface area contributed by atoms with Crippen LogP contribution in [0.2, 0.25) is 0 Å². The number of aliphatic imine (C=N–C) groups is 1. The molecular weight excluding hydrogens is 366 g/mol. The van der Waals surface area contributed by atoms with Gasteiger partial charge in [-0.05, 0) is 97.7 Å². The zero-order valence-electron chi connectivity index (χ0n) is 20.3. The van der Waals surface area contributed by atoms with Crippen LogP contribution >= 0.6 is 0 Å². The second-order valence-electron chi connectivity index (χ2n) is 12.4. The summed E-state index contributed by atoms with van der Waals surface area (Å²) in [6, 6.07) is 0.190. The van der Waals surface area contributed by atoms with Crippen molar-refractivity contribution in [1.82, 2.24) is 0 Å². The highest BCUT2D eigenvalue weighted by molar-refractivity contribution is 5.35. The second kappa shape index (κ2) is 8.57. The van der Waals surface area contributed by atoms with Crippen molar-refractivity contribution in [2.24, 2.45) is 51.3 Å². The quantitative estimate of drug-likeness (QED) is 0.250. The topological polar surface area (TPSA) is 29.4 Å². The van der Waals surface area contributed by atoms with Gasteiger partial charge in [0.15, 0.2) is 0 Å². The molecule has 8 atom stereocenters. The van der Waals surface area contributed by atoms with E-state index in [1.54, 1.807) is 5.57 Å². The first-order valence-corrected chi connectivity index (χ1v) is 13.1. The van der Waals surface area contributed by atoms with Crippen LogP contribution in [0.5, 0.6) is 0 Å². The van der Waals surface area contributed by atoms with Crippen molar-refractivity contribution in [3.8, 4) is 0 Å². The molecule has 4 aliphatic rings. The lowest BCUT2D eigenvalue weighted by Crippen LogP contribution is -2.50. The summed E-state index contributed by atoms with van der Waals surface area (Å²) in [4.78, 5) is 14.9. The third-order valence-corrected chi connectivity index (χ3v) is 10.5. The molecule has 0 heterocycles. The van der Waals surface area contributed by atoms with E-state index in [0.29, 0.717) is 10.8 Å². The number of hydrogen-bond acceptors (Lipinski definition) is 2. The average Bonchev–Trinajstić information content (AvgIpc) is 3.05. The Balaban J connectivity index is 1.49. The fourth-order valence-corrected chi connectivity index (χ4v) is 8.85. The Morgan fingerprint density at radius 1 is 1.07 bits per heavy atom. The van der Waals surface area contributed by atoms with Crippen LogP contribution in [0.1, 0.15) is 105 Å². The molecule has 0 aromatic carbocycles. The molecule has 30 heavy (non-hydrogen) atoms. The summed E-state index contributed by atoms with van der Waals surface area (Å²) in [6.07, 6.45) is 19.0. The van der Waals surface area contributed by atoms with Crippen molar-refractivity contribution in [1.29, 1.82) is 0 Å². The minimum Gasteiger partial charge on any atom is -0.211 e. The smallest absolute Gasteiger partial charge is 0.211 e. The van der Waals surface area contributed by atoms with E-state index in [0.717, 1.165) is 48.3 Å². The molecule has 3 fully saturated rings. The van der Waals surface area contributed by atoms with E-state index in [2.05, 4.69) is 45.7 Å². The van der Waals surface area contributed by atoms with E-state index in [-0.39, 0.29) is 6.04 Å². The first-order chi connectivity index (χ1) is 14.3. The van der Waals surface area contributed by atoms with Gasteiger partial charge in [0, 0.05) is 0 Å². The fraction of sp³-hybridized carbons (Fsp3) is 0.893. The van der Waals surface area contributed by atoms with E-state index in [9.17, 15) is 4.79 Å². The Labute approximate surface area is 185 Å². The maximum absolute atomic E-state index is 10.8. The number of allylic oxidation sites excluding steroid dienone is 1. The van der Waals surface area contributed by atoms with Crippen LogP contribution in [0.4, 0.5) is 0 Å². The summed E-state index contributed by atoms with van der Waals surface area (Å²) in [5, 5.41) is 0. The summed E-state index contributed by atoms with van der Waals surface area (Å²) in [5.41, 5.74) is 2.55. The Morgan fingerprint density at radius 2 is 1.87 bits per heavy atom. The molecule has 0 aromatic heterocycles. The van der Waals surface area contributed by atoms with E-state index in [1.807, 2.05) is 6.08 Å². The van der Waals surface area contributed by atoms with E-state index in [4.69, 9.17) is 0 Å². The van der Waals surface area contributed by atoms with Gasteiger partial charge in [-0.3, -0.25) is 0 Å². The summed E-state index contributed by atoms with van der Waals surface area (Å²) >= 11 is 0. The predicted molar refractivity (Wildman–Crippen MR) is 125 cm³/mol. The number of fused-ring (bicyclic) bond motifs is 5. The molecule has 0 amide bonds. The lowest BCUT2D eigenvalue weighted by molar-refractivity contribution is -0.0508. The van der Waals surface area contributed by atoms with Gasteiger partial charge in [-0.1, -0.05) is 65.5 Å². The highest BCUT2D eigenvalue weighted by atomic mass is 16.1. The Bertz CT molecular complexity index is 703. The molecule has 1 unspecified atom stereocenters. The van der Waals surface area contributed by atoms with Gasteiger partial charge in [-0.2, -0.15) is 0 Å². The van der Waals surface area contributed by atoms with Crippen LogP contribution in [0.15, 0.2) is 16.6 Å². The molecule has 0 aromatic rings. The van der Waals surface area contributed by atoms with Crippen LogP contribution in [-0.4, -0.2) is 12.1 Å². The third kappa shape index (κ3) is 3.76. The zero-order chi connectivity index (χ0) is 21.5. The molecule has 0 saturated heterocycles. The van der Waals surface area contributed by atoms with E-state index in [1.165, 1.54) is 57.8 Å². The van der Waals surface area contributed by atoms with Crippen molar-refractivity contribution in [2.75, 3.05) is 0 Å². The van der Waals surface area contributed by atoms with Crippen LogP contribution in [0.3, 0.4) is 0 Å². The van der Waals surface area contributed by atoms with Crippen LogP contribution in [0, 0.1) is 46.3 Å². The molecule has 0 aliphatic heterocycles. The lowest BCUT2D eigenvalue weighted by atomic mass is 9.47. The summed E-state index contributed by atoms with van der Waals surface area (Å²) in [7, 11) is 0. The molecule has 2 heteroatoms. The Hall–Kier alpha value is -0.880. The standard InChI is InChI=1S/C28H45NO/c1-19(2)7-6-8-20(3)24-11-12-25-23-10-9-21-17-22(29-18-30)13-15-27(21,4)26(23)14-16-28(24,25)5/h9,19-20,22-26H,6-8,10-17H2,1-5H3/t20-,22?,23+,24-,25+,26+,27+,28-/m1/s1. The van der Waals surface area contributed by atoms with Gasteiger partial charge in [0.1, 0.15) is 0 Å². The highest BCUT2D eigenvalue weighted by Crippen LogP contribution is 2.67. The Kier molecular flexibility index (Phi) is 6.38. The zero-order valence-corrected chi connectivity index (χ0v) is 20.3. The van der Waals surface area contributed by atoms with E-state index >= 15 is 0 Å². The van der Waals surface area contributed by atoms with Crippen LogP contribution in [0.25, 0.3) is 0 Å². The van der Waals surface area contributed by atoms with Crippen LogP contribution in [-0.2, 0) is 4.79 Å². The van der Waals surface area contributed by atoms with Gasteiger partial charge >= 0.3 is 0 Å². The van der Waals surface area contributed by atoms with Crippen molar-refractivity contribution in [3.63, 3.8) is 0 Å². The minimum absolute atomic E-state index is 0.190. The third-order valence-electron chi connectivity index (χ3n) is 10.5. The summed E-state index contributed by atoms with van der Waals surface area (Å²) in [6.45, 7) is 12.5. The maximum Gasteiger partial charge on any atom is 0.235 e. The summed E-state index contributed by atoms with van der Waals surface area (Å²) < 4.78 is 0. The maximum atomic E-state index is 10.8. The molecule has 4 aliphatic carbocycles. The fourth-order valence-electron chi connectivity index (χ4n) is 8.85. The van der Waals surface area contributed by atoms with Crippen LogP contribution < -0.4 is 0 Å².